The maximum Gasteiger partial charge on any atom is 0.317 e. The molecule has 172 valence electrons. The minimum absolute atomic E-state index is 0.0132. The highest BCUT2D eigenvalue weighted by molar-refractivity contribution is 6.30. The van der Waals surface area contributed by atoms with Crippen molar-refractivity contribution < 1.29 is 14.6 Å². The molecule has 5 heteroatoms. The fourth-order valence-corrected chi connectivity index (χ4v) is 5.18. The first-order chi connectivity index (χ1) is 16.0. The molecule has 3 aromatic rings. The summed E-state index contributed by atoms with van der Waals surface area (Å²) in [5, 5.41) is 12.6. The molecule has 0 bridgehead atoms. The molecule has 1 atom stereocenters. The van der Waals surface area contributed by atoms with E-state index in [1.54, 1.807) is 7.11 Å². The van der Waals surface area contributed by atoms with Crippen molar-refractivity contribution in [2.75, 3.05) is 20.2 Å². The number of unbranched alkanes of at least 4 members (excludes halogenated alkanes) is 1. The number of methoxy groups -OCH3 is 1. The SMILES string of the molecule is COc1ccc(-c2ccc3c(c2)CC[C@]3(CCCCNCC(=O)O)c2ccc(Cl)cc2)cc1. The Morgan fingerprint density at radius 2 is 1.76 bits per heavy atom. The molecule has 0 saturated heterocycles. The number of carboxylic acid groups (broad SMARTS) is 1. The zero-order valence-electron chi connectivity index (χ0n) is 18.9. The summed E-state index contributed by atoms with van der Waals surface area (Å²) in [6, 6.07) is 23.4. The van der Waals surface area contributed by atoms with Crippen molar-refractivity contribution in [1.82, 2.24) is 5.32 Å². The Hall–Kier alpha value is -2.82. The number of aryl methyl sites for hydroxylation is 1. The van der Waals surface area contributed by atoms with Crippen LogP contribution < -0.4 is 10.1 Å². The third-order valence-electron chi connectivity index (χ3n) is 6.75. The molecular formula is C28H30ClNO3. The lowest BCUT2D eigenvalue weighted by Gasteiger charge is -2.32. The summed E-state index contributed by atoms with van der Waals surface area (Å²) in [4.78, 5) is 10.7. The van der Waals surface area contributed by atoms with Crippen molar-refractivity contribution in [1.29, 1.82) is 0 Å². The van der Waals surface area contributed by atoms with E-state index in [1.165, 1.54) is 27.8 Å². The quantitative estimate of drug-likeness (QED) is 0.357. The predicted molar refractivity (Wildman–Crippen MR) is 133 cm³/mol. The molecule has 0 spiro atoms. The first kappa shape index (κ1) is 23.3. The van der Waals surface area contributed by atoms with Gasteiger partial charge in [-0.05, 0) is 84.3 Å². The summed E-state index contributed by atoms with van der Waals surface area (Å²) in [6.07, 6.45) is 5.10. The van der Waals surface area contributed by atoms with Crippen LogP contribution in [0.1, 0.15) is 42.4 Å². The number of hydrogen-bond acceptors (Lipinski definition) is 3. The van der Waals surface area contributed by atoms with Crippen LogP contribution in [0, 0.1) is 0 Å². The van der Waals surface area contributed by atoms with Crippen LogP contribution in [0.15, 0.2) is 66.7 Å². The van der Waals surface area contributed by atoms with E-state index in [1.807, 2.05) is 24.3 Å². The molecule has 0 saturated carbocycles. The van der Waals surface area contributed by atoms with Gasteiger partial charge in [0.2, 0.25) is 0 Å². The topological polar surface area (TPSA) is 58.6 Å². The second kappa shape index (κ2) is 10.4. The highest BCUT2D eigenvalue weighted by Gasteiger charge is 2.39. The summed E-state index contributed by atoms with van der Waals surface area (Å²) in [5.41, 5.74) is 6.49. The minimum Gasteiger partial charge on any atom is -0.497 e. The normalized spacial score (nSPS) is 17.0. The van der Waals surface area contributed by atoms with Crippen molar-refractivity contribution in [3.05, 3.63) is 88.4 Å². The van der Waals surface area contributed by atoms with Gasteiger partial charge in [0.25, 0.3) is 0 Å². The Morgan fingerprint density at radius 1 is 1.03 bits per heavy atom. The van der Waals surface area contributed by atoms with Gasteiger partial charge >= 0.3 is 5.97 Å². The lowest BCUT2D eigenvalue weighted by atomic mass is 9.72. The predicted octanol–water partition coefficient (Wildman–Crippen LogP) is 6.09. The number of halogens is 1. The molecule has 0 aliphatic heterocycles. The number of benzene rings is 3. The van der Waals surface area contributed by atoms with Gasteiger partial charge in [-0.25, -0.2) is 0 Å². The van der Waals surface area contributed by atoms with E-state index in [0.29, 0.717) is 6.54 Å². The van der Waals surface area contributed by atoms with Crippen LogP contribution in [0.2, 0.25) is 5.02 Å². The van der Waals surface area contributed by atoms with Gasteiger partial charge in [0.1, 0.15) is 5.75 Å². The van der Waals surface area contributed by atoms with Gasteiger partial charge in [0.15, 0.2) is 0 Å². The van der Waals surface area contributed by atoms with Crippen molar-refractivity contribution in [2.45, 2.75) is 37.5 Å². The second-order valence-corrected chi connectivity index (χ2v) is 9.15. The Kier molecular flexibility index (Phi) is 7.36. The lowest BCUT2D eigenvalue weighted by molar-refractivity contribution is -0.135. The molecule has 0 unspecified atom stereocenters. The highest BCUT2D eigenvalue weighted by Crippen LogP contribution is 2.48. The monoisotopic (exact) mass is 463 g/mol. The van der Waals surface area contributed by atoms with Gasteiger partial charge in [-0.15, -0.1) is 0 Å². The van der Waals surface area contributed by atoms with Gasteiger partial charge < -0.3 is 15.2 Å². The summed E-state index contributed by atoms with van der Waals surface area (Å²) in [6.45, 7) is 0.728. The number of ether oxygens (including phenoxy) is 1. The van der Waals surface area contributed by atoms with Gasteiger partial charge in [0.05, 0.1) is 13.7 Å². The standard InChI is InChI=1S/C28H30ClNO3/c1-33-25-11-4-20(5-12-25)21-6-13-26-22(18-21)14-16-28(26,23-7-9-24(29)10-8-23)15-2-3-17-30-19-27(31)32/h4-13,18,30H,2-3,14-17,19H2,1H3,(H,31,32)/t28-/m1/s1. The molecule has 4 nitrogen and oxygen atoms in total. The summed E-state index contributed by atoms with van der Waals surface area (Å²) >= 11 is 6.20. The minimum atomic E-state index is -0.815. The maximum absolute atomic E-state index is 10.7. The zero-order chi connectivity index (χ0) is 23.3. The molecule has 1 aliphatic carbocycles. The van der Waals surface area contributed by atoms with Gasteiger partial charge in [-0.1, -0.05) is 60.5 Å². The largest absolute Gasteiger partial charge is 0.497 e. The molecule has 3 aromatic carbocycles. The third-order valence-corrected chi connectivity index (χ3v) is 7.00. The third kappa shape index (κ3) is 5.23. The molecule has 0 amide bonds. The molecule has 33 heavy (non-hydrogen) atoms. The van der Waals surface area contributed by atoms with Crippen LogP contribution in [0.4, 0.5) is 0 Å². The fraction of sp³-hybridized carbons (Fsp3) is 0.321. The van der Waals surface area contributed by atoms with E-state index in [-0.39, 0.29) is 12.0 Å². The molecule has 0 radical (unpaired) electrons. The molecule has 0 fully saturated rings. The van der Waals surface area contributed by atoms with Crippen LogP contribution in [0.3, 0.4) is 0 Å². The molecule has 2 N–H and O–H groups in total. The van der Waals surface area contributed by atoms with Crippen LogP contribution >= 0.6 is 11.6 Å². The average molecular weight is 464 g/mol. The Morgan fingerprint density at radius 3 is 2.45 bits per heavy atom. The fourth-order valence-electron chi connectivity index (χ4n) is 5.06. The van der Waals surface area contributed by atoms with E-state index >= 15 is 0 Å². The first-order valence-corrected chi connectivity index (χ1v) is 11.9. The Balaban J connectivity index is 1.59. The van der Waals surface area contributed by atoms with Crippen LogP contribution in [0.25, 0.3) is 11.1 Å². The maximum atomic E-state index is 10.7. The van der Waals surface area contributed by atoms with Gasteiger partial charge in [-0.3, -0.25) is 4.79 Å². The zero-order valence-corrected chi connectivity index (χ0v) is 19.7. The summed E-state index contributed by atoms with van der Waals surface area (Å²) < 4.78 is 5.29. The number of aliphatic carboxylic acids is 1. The average Bonchev–Trinajstić information content (AvgIpc) is 3.20. The van der Waals surface area contributed by atoms with E-state index in [9.17, 15) is 4.79 Å². The number of carboxylic acids is 1. The van der Waals surface area contributed by atoms with Crippen LogP contribution in [-0.4, -0.2) is 31.3 Å². The van der Waals surface area contributed by atoms with Crippen molar-refractivity contribution in [2.24, 2.45) is 0 Å². The van der Waals surface area contributed by atoms with Crippen LogP contribution in [-0.2, 0) is 16.6 Å². The van der Waals surface area contributed by atoms with Gasteiger partial charge in [-0.2, -0.15) is 0 Å². The molecule has 0 heterocycles. The smallest absolute Gasteiger partial charge is 0.317 e. The van der Waals surface area contributed by atoms with E-state index in [0.717, 1.165) is 42.9 Å². The Labute approximate surface area is 200 Å². The van der Waals surface area contributed by atoms with E-state index < -0.39 is 5.97 Å². The second-order valence-electron chi connectivity index (χ2n) is 8.72. The van der Waals surface area contributed by atoms with Crippen molar-refractivity contribution in [3.63, 3.8) is 0 Å². The number of rotatable bonds is 10. The molecule has 4 rings (SSSR count). The summed E-state index contributed by atoms with van der Waals surface area (Å²) in [7, 11) is 1.68. The number of hydrogen-bond donors (Lipinski definition) is 2. The highest BCUT2D eigenvalue weighted by atomic mass is 35.5. The molecule has 0 aromatic heterocycles. The van der Waals surface area contributed by atoms with Crippen LogP contribution in [0.5, 0.6) is 5.75 Å². The number of fused-ring (bicyclic) bond motifs is 1. The molecule has 1 aliphatic rings. The van der Waals surface area contributed by atoms with Crippen molar-refractivity contribution in [3.8, 4) is 16.9 Å². The Bertz CT molecular complexity index is 1100. The van der Waals surface area contributed by atoms with E-state index in [4.69, 9.17) is 21.4 Å². The number of nitrogens with one attached hydrogen (secondary N) is 1. The first-order valence-electron chi connectivity index (χ1n) is 11.5. The summed E-state index contributed by atoms with van der Waals surface area (Å²) in [5.74, 6) is 0.0459. The van der Waals surface area contributed by atoms with E-state index in [2.05, 4.69) is 47.8 Å². The number of carbonyl (C=O) groups is 1. The lowest BCUT2D eigenvalue weighted by Crippen LogP contribution is -2.26. The van der Waals surface area contributed by atoms with Crippen molar-refractivity contribution >= 4 is 17.6 Å². The van der Waals surface area contributed by atoms with Gasteiger partial charge in [0, 0.05) is 10.4 Å². The molecular weight excluding hydrogens is 434 g/mol.